The number of para-hydroxylation sites is 1. The van der Waals surface area contributed by atoms with E-state index in [0.29, 0.717) is 11.3 Å². The third kappa shape index (κ3) is 7.71. The third-order valence-electron chi connectivity index (χ3n) is 6.16. The van der Waals surface area contributed by atoms with Crippen molar-refractivity contribution in [2.45, 2.75) is 30.9 Å². The summed E-state index contributed by atoms with van der Waals surface area (Å²) in [5.74, 6) is -0.905. The number of aryl methyl sites for hydroxylation is 2. The van der Waals surface area contributed by atoms with Gasteiger partial charge in [0.25, 0.3) is 11.8 Å². The first-order valence-electron chi connectivity index (χ1n) is 12.9. The molecule has 4 aromatic rings. The number of amides is 3. The maximum absolute atomic E-state index is 13.2. The SMILES string of the molecule is Cc1cccc(C)c1NC(=O)C(C)Sc1ccc(NC(=O)/C(=C/c2ccccc2)NC(=O)c2ccccc2)cc1. The molecule has 0 heterocycles. The normalized spacial score (nSPS) is 11.8. The van der Waals surface area contributed by atoms with Crippen molar-refractivity contribution in [3.8, 4) is 0 Å². The molecule has 0 spiro atoms. The van der Waals surface area contributed by atoms with E-state index in [9.17, 15) is 14.4 Å². The molecule has 6 nitrogen and oxygen atoms in total. The van der Waals surface area contributed by atoms with Gasteiger partial charge in [0.1, 0.15) is 5.70 Å². The highest BCUT2D eigenvalue weighted by atomic mass is 32.2. The van der Waals surface area contributed by atoms with Crippen LogP contribution in [-0.4, -0.2) is 23.0 Å². The first-order valence-corrected chi connectivity index (χ1v) is 13.8. The van der Waals surface area contributed by atoms with Crippen LogP contribution in [0.5, 0.6) is 0 Å². The molecule has 0 bridgehead atoms. The fourth-order valence-electron chi connectivity index (χ4n) is 3.97. The zero-order valence-electron chi connectivity index (χ0n) is 22.6. The van der Waals surface area contributed by atoms with Crippen molar-refractivity contribution in [3.63, 3.8) is 0 Å². The maximum Gasteiger partial charge on any atom is 0.272 e. The molecule has 1 atom stereocenters. The number of benzene rings is 4. The molecule has 4 rings (SSSR count). The highest BCUT2D eigenvalue weighted by Crippen LogP contribution is 2.27. The molecule has 0 aliphatic heterocycles. The number of nitrogens with one attached hydrogen (secondary N) is 3. The van der Waals surface area contributed by atoms with Crippen molar-refractivity contribution < 1.29 is 14.4 Å². The summed E-state index contributed by atoms with van der Waals surface area (Å²) < 4.78 is 0. The van der Waals surface area contributed by atoms with Crippen molar-refractivity contribution in [3.05, 3.63) is 131 Å². The van der Waals surface area contributed by atoms with E-state index in [1.54, 1.807) is 42.5 Å². The van der Waals surface area contributed by atoms with Crippen LogP contribution in [0.3, 0.4) is 0 Å². The van der Waals surface area contributed by atoms with E-state index in [4.69, 9.17) is 0 Å². The highest BCUT2D eigenvalue weighted by Gasteiger charge is 2.18. The number of carbonyl (C=O) groups excluding carboxylic acids is 3. The van der Waals surface area contributed by atoms with Crippen LogP contribution < -0.4 is 16.0 Å². The van der Waals surface area contributed by atoms with Gasteiger partial charge in [-0.25, -0.2) is 0 Å². The molecule has 202 valence electrons. The van der Waals surface area contributed by atoms with Crippen LogP contribution in [0.4, 0.5) is 11.4 Å². The molecule has 0 aromatic heterocycles. The average Bonchev–Trinajstić information content (AvgIpc) is 2.96. The maximum atomic E-state index is 13.2. The number of carbonyl (C=O) groups is 3. The molecule has 7 heteroatoms. The molecule has 3 N–H and O–H groups in total. The van der Waals surface area contributed by atoms with Gasteiger partial charge in [-0.05, 0) is 79.9 Å². The number of rotatable bonds is 9. The van der Waals surface area contributed by atoms with E-state index >= 15 is 0 Å². The molecular formula is C33H31N3O3S. The van der Waals surface area contributed by atoms with Gasteiger partial charge >= 0.3 is 0 Å². The highest BCUT2D eigenvalue weighted by molar-refractivity contribution is 8.00. The van der Waals surface area contributed by atoms with Gasteiger partial charge in [0, 0.05) is 21.8 Å². The number of hydrogen-bond donors (Lipinski definition) is 3. The van der Waals surface area contributed by atoms with Crippen LogP contribution in [0.15, 0.2) is 114 Å². The fourth-order valence-corrected chi connectivity index (χ4v) is 4.84. The summed E-state index contributed by atoms with van der Waals surface area (Å²) in [5.41, 5.74) is 4.80. The second-order valence-corrected chi connectivity index (χ2v) is 10.7. The second kappa shape index (κ2) is 13.4. The van der Waals surface area contributed by atoms with E-state index in [1.807, 2.05) is 87.5 Å². The predicted octanol–water partition coefficient (Wildman–Crippen LogP) is 6.83. The van der Waals surface area contributed by atoms with E-state index in [1.165, 1.54) is 11.8 Å². The van der Waals surface area contributed by atoms with Crippen molar-refractivity contribution in [2.75, 3.05) is 10.6 Å². The molecule has 0 fully saturated rings. The summed E-state index contributed by atoms with van der Waals surface area (Å²) in [4.78, 5) is 39.7. The molecule has 3 amide bonds. The Labute approximate surface area is 238 Å². The average molecular weight is 550 g/mol. The van der Waals surface area contributed by atoms with Crippen LogP contribution in [0.25, 0.3) is 6.08 Å². The fraction of sp³-hybridized carbons (Fsp3) is 0.121. The van der Waals surface area contributed by atoms with Gasteiger partial charge in [-0.15, -0.1) is 11.8 Å². The van der Waals surface area contributed by atoms with Gasteiger partial charge in [-0.3, -0.25) is 14.4 Å². The lowest BCUT2D eigenvalue weighted by atomic mass is 10.1. The van der Waals surface area contributed by atoms with E-state index < -0.39 is 5.91 Å². The topological polar surface area (TPSA) is 87.3 Å². The summed E-state index contributed by atoms with van der Waals surface area (Å²) in [6.07, 6.45) is 1.64. The van der Waals surface area contributed by atoms with Crippen LogP contribution in [0.1, 0.15) is 34.0 Å². The largest absolute Gasteiger partial charge is 0.325 e. The Morgan fingerprint density at radius 1 is 0.725 bits per heavy atom. The Balaban J connectivity index is 1.42. The van der Waals surface area contributed by atoms with Crippen LogP contribution in [-0.2, 0) is 9.59 Å². The Kier molecular flexibility index (Phi) is 9.54. The van der Waals surface area contributed by atoms with Crippen molar-refractivity contribution in [1.82, 2.24) is 5.32 Å². The molecule has 4 aromatic carbocycles. The zero-order valence-corrected chi connectivity index (χ0v) is 23.4. The molecule has 0 radical (unpaired) electrons. The lowest BCUT2D eigenvalue weighted by Gasteiger charge is -2.16. The third-order valence-corrected chi connectivity index (χ3v) is 7.27. The van der Waals surface area contributed by atoms with Crippen LogP contribution >= 0.6 is 11.8 Å². The summed E-state index contributed by atoms with van der Waals surface area (Å²) >= 11 is 1.43. The summed E-state index contributed by atoms with van der Waals surface area (Å²) in [5, 5.41) is 8.31. The smallest absolute Gasteiger partial charge is 0.272 e. The van der Waals surface area contributed by atoms with E-state index in [0.717, 1.165) is 27.3 Å². The quantitative estimate of drug-likeness (QED) is 0.158. The van der Waals surface area contributed by atoms with Gasteiger partial charge < -0.3 is 16.0 Å². The minimum atomic E-state index is -0.449. The zero-order chi connectivity index (χ0) is 28.5. The van der Waals surface area contributed by atoms with E-state index in [2.05, 4.69) is 16.0 Å². The molecule has 0 saturated heterocycles. The van der Waals surface area contributed by atoms with Crippen LogP contribution in [0, 0.1) is 13.8 Å². The molecule has 0 saturated carbocycles. The number of hydrogen-bond acceptors (Lipinski definition) is 4. The van der Waals surface area contributed by atoms with Crippen molar-refractivity contribution in [1.29, 1.82) is 0 Å². The summed E-state index contributed by atoms with van der Waals surface area (Å²) in [6.45, 7) is 5.81. The predicted molar refractivity (Wildman–Crippen MR) is 163 cm³/mol. The van der Waals surface area contributed by atoms with Gasteiger partial charge in [0.2, 0.25) is 5.91 Å². The standard InChI is InChI=1S/C33H31N3O3S/c1-22-11-10-12-23(2)30(22)36-31(37)24(3)40-28-19-17-27(18-20-28)34-33(39)29(21-25-13-6-4-7-14-25)35-32(38)26-15-8-5-9-16-26/h4-21,24H,1-3H3,(H,34,39)(H,35,38)(H,36,37)/b29-21-. The molecule has 40 heavy (non-hydrogen) atoms. The summed E-state index contributed by atoms with van der Waals surface area (Å²) in [7, 11) is 0. The van der Waals surface area contributed by atoms with Gasteiger partial charge in [0.15, 0.2) is 0 Å². The monoisotopic (exact) mass is 549 g/mol. The van der Waals surface area contributed by atoms with Crippen LogP contribution in [0.2, 0.25) is 0 Å². The van der Waals surface area contributed by atoms with Crippen molar-refractivity contribution in [2.24, 2.45) is 0 Å². The Bertz CT molecular complexity index is 1500. The lowest BCUT2D eigenvalue weighted by molar-refractivity contribution is -0.115. The summed E-state index contributed by atoms with van der Waals surface area (Å²) in [6, 6.07) is 31.2. The Hall–Kier alpha value is -4.62. The molecule has 0 aliphatic carbocycles. The lowest BCUT2D eigenvalue weighted by Crippen LogP contribution is -2.30. The first-order chi connectivity index (χ1) is 19.3. The minimum Gasteiger partial charge on any atom is -0.325 e. The Morgan fingerprint density at radius 2 is 1.32 bits per heavy atom. The number of thioether (sulfide) groups is 1. The number of anilines is 2. The van der Waals surface area contributed by atoms with Gasteiger partial charge in [0.05, 0.1) is 5.25 Å². The molecule has 1 unspecified atom stereocenters. The molecular weight excluding hydrogens is 518 g/mol. The van der Waals surface area contributed by atoms with Gasteiger partial charge in [-0.2, -0.15) is 0 Å². The van der Waals surface area contributed by atoms with Crippen molar-refractivity contribution >= 4 is 46.9 Å². The van der Waals surface area contributed by atoms with Gasteiger partial charge in [-0.1, -0.05) is 66.7 Å². The van der Waals surface area contributed by atoms with E-state index in [-0.39, 0.29) is 22.8 Å². The molecule has 0 aliphatic rings. The second-order valence-electron chi connectivity index (χ2n) is 9.28. The minimum absolute atomic E-state index is 0.0790. The Morgan fingerprint density at radius 3 is 1.95 bits per heavy atom. The first kappa shape index (κ1) is 28.4.